The highest BCUT2D eigenvalue weighted by molar-refractivity contribution is 5.72. The Kier molecular flexibility index (Phi) is 5.36. The van der Waals surface area contributed by atoms with Gasteiger partial charge in [-0.3, -0.25) is 4.90 Å². The topological polar surface area (TPSA) is 58.5 Å². The molecule has 0 aliphatic carbocycles. The average Bonchev–Trinajstić information content (AvgIpc) is 2.72. The molecule has 4 N–H and O–H groups in total. The van der Waals surface area contributed by atoms with Gasteiger partial charge in [0.05, 0.1) is 17.4 Å². The summed E-state index contributed by atoms with van der Waals surface area (Å²) in [6.45, 7) is 3.19. The number of piperazine rings is 1. The van der Waals surface area contributed by atoms with E-state index in [0.717, 1.165) is 43.0 Å². The van der Waals surface area contributed by atoms with E-state index in [1.807, 2.05) is 12.1 Å². The summed E-state index contributed by atoms with van der Waals surface area (Å²) in [7, 11) is 0. The Labute approximate surface area is 169 Å². The molecule has 0 aromatic heterocycles. The first-order valence-electron chi connectivity index (χ1n) is 9.66. The van der Waals surface area contributed by atoms with Crippen LogP contribution in [0.4, 0.5) is 25.8 Å². The summed E-state index contributed by atoms with van der Waals surface area (Å²) < 4.78 is 26.9. The molecule has 1 aliphatic heterocycles. The Morgan fingerprint density at radius 3 is 1.69 bits per heavy atom. The molecule has 4 rings (SSSR count). The molecule has 3 aromatic carbocycles. The monoisotopic (exact) mass is 394 g/mol. The standard InChI is InChI=1S/C23H24F2N4/c24-18-5-1-16(2-6-18)23(17-3-7-19(25)8-4-17)29-13-11-28(12-14-29)22-10-9-20(26)15-21(22)27/h1-10,15,23H,11-14,26-27H2. The maximum atomic E-state index is 13.5. The number of nitrogen functional groups attached to an aromatic ring is 2. The molecule has 3 aromatic rings. The van der Waals surface area contributed by atoms with Gasteiger partial charge in [0.2, 0.25) is 0 Å². The van der Waals surface area contributed by atoms with Crippen LogP contribution in [0.3, 0.4) is 0 Å². The first kappa shape index (κ1) is 19.2. The molecule has 1 heterocycles. The third-order valence-electron chi connectivity index (χ3n) is 5.44. The fourth-order valence-corrected chi connectivity index (χ4v) is 3.99. The molecule has 4 nitrogen and oxygen atoms in total. The Morgan fingerprint density at radius 2 is 1.21 bits per heavy atom. The van der Waals surface area contributed by atoms with Crippen molar-refractivity contribution in [1.82, 2.24) is 4.90 Å². The van der Waals surface area contributed by atoms with Crippen molar-refractivity contribution >= 4 is 17.1 Å². The van der Waals surface area contributed by atoms with Gasteiger partial charge in [-0.15, -0.1) is 0 Å². The Bertz CT molecular complexity index is 920. The second kappa shape index (κ2) is 8.09. The molecule has 1 aliphatic rings. The largest absolute Gasteiger partial charge is 0.399 e. The zero-order valence-electron chi connectivity index (χ0n) is 16.1. The van der Waals surface area contributed by atoms with Gasteiger partial charge in [0, 0.05) is 31.9 Å². The van der Waals surface area contributed by atoms with Crippen LogP contribution in [0.15, 0.2) is 66.7 Å². The molecule has 0 unspecified atom stereocenters. The number of halogens is 2. The lowest BCUT2D eigenvalue weighted by Gasteiger charge is -2.41. The lowest BCUT2D eigenvalue weighted by atomic mass is 9.96. The van der Waals surface area contributed by atoms with Crippen LogP contribution in [0.2, 0.25) is 0 Å². The van der Waals surface area contributed by atoms with Gasteiger partial charge in [-0.05, 0) is 53.6 Å². The summed E-state index contributed by atoms with van der Waals surface area (Å²) in [5, 5.41) is 0. The number of anilines is 3. The van der Waals surface area contributed by atoms with Crippen LogP contribution in [-0.4, -0.2) is 31.1 Å². The van der Waals surface area contributed by atoms with Crippen LogP contribution in [0.1, 0.15) is 17.2 Å². The third kappa shape index (κ3) is 4.17. The van der Waals surface area contributed by atoms with Gasteiger partial charge in [-0.2, -0.15) is 0 Å². The summed E-state index contributed by atoms with van der Waals surface area (Å²) in [6, 6.07) is 18.6. The highest BCUT2D eigenvalue weighted by atomic mass is 19.1. The molecule has 150 valence electrons. The van der Waals surface area contributed by atoms with Crippen LogP contribution < -0.4 is 16.4 Å². The van der Waals surface area contributed by atoms with Crippen molar-refractivity contribution in [3.8, 4) is 0 Å². The number of hydrogen-bond donors (Lipinski definition) is 2. The minimum Gasteiger partial charge on any atom is -0.399 e. The number of nitrogens with zero attached hydrogens (tertiary/aromatic N) is 2. The van der Waals surface area contributed by atoms with E-state index in [2.05, 4.69) is 9.80 Å². The number of rotatable bonds is 4. The van der Waals surface area contributed by atoms with E-state index in [-0.39, 0.29) is 17.7 Å². The van der Waals surface area contributed by atoms with Crippen molar-refractivity contribution in [2.24, 2.45) is 0 Å². The molecule has 1 fully saturated rings. The summed E-state index contributed by atoms with van der Waals surface area (Å²) in [4.78, 5) is 4.59. The van der Waals surface area contributed by atoms with Gasteiger partial charge in [-0.1, -0.05) is 24.3 Å². The fraction of sp³-hybridized carbons (Fsp3) is 0.217. The summed E-state index contributed by atoms with van der Waals surface area (Å²) in [6.07, 6.45) is 0. The van der Waals surface area contributed by atoms with Crippen molar-refractivity contribution in [3.63, 3.8) is 0 Å². The number of benzene rings is 3. The van der Waals surface area contributed by atoms with E-state index in [9.17, 15) is 8.78 Å². The minimum absolute atomic E-state index is 0.0675. The maximum Gasteiger partial charge on any atom is 0.123 e. The van der Waals surface area contributed by atoms with Crippen molar-refractivity contribution < 1.29 is 8.78 Å². The van der Waals surface area contributed by atoms with E-state index in [0.29, 0.717) is 11.4 Å². The molecule has 0 atom stereocenters. The molecular weight excluding hydrogens is 370 g/mol. The van der Waals surface area contributed by atoms with Gasteiger partial charge in [0.1, 0.15) is 11.6 Å². The first-order valence-corrected chi connectivity index (χ1v) is 9.66. The van der Waals surface area contributed by atoms with Gasteiger partial charge < -0.3 is 16.4 Å². The van der Waals surface area contributed by atoms with Crippen LogP contribution in [-0.2, 0) is 0 Å². The van der Waals surface area contributed by atoms with E-state index in [1.165, 1.54) is 24.3 Å². The van der Waals surface area contributed by atoms with Crippen molar-refractivity contribution in [2.75, 3.05) is 42.5 Å². The maximum absolute atomic E-state index is 13.5. The second-order valence-corrected chi connectivity index (χ2v) is 7.35. The molecule has 1 saturated heterocycles. The highest BCUT2D eigenvalue weighted by Crippen LogP contribution is 2.32. The zero-order valence-corrected chi connectivity index (χ0v) is 16.1. The average molecular weight is 394 g/mol. The van der Waals surface area contributed by atoms with Crippen molar-refractivity contribution in [1.29, 1.82) is 0 Å². The summed E-state index contributed by atoms with van der Waals surface area (Å²) in [5.41, 5.74) is 16.2. The minimum atomic E-state index is -0.268. The van der Waals surface area contributed by atoms with Crippen LogP contribution >= 0.6 is 0 Å². The highest BCUT2D eigenvalue weighted by Gasteiger charge is 2.27. The smallest absolute Gasteiger partial charge is 0.123 e. The molecule has 0 bridgehead atoms. The first-order chi connectivity index (χ1) is 14.0. The predicted molar refractivity (Wildman–Crippen MR) is 114 cm³/mol. The van der Waals surface area contributed by atoms with Gasteiger partial charge in [-0.25, -0.2) is 8.78 Å². The number of hydrogen-bond acceptors (Lipinski definition) is 4. The zero-order chi connectivity index (χ0) is 20.4. The molecular formula is C23H24F2N4. The molecule has 0 saturated carbocycles. The van der Waals surface area contributed by atoms with Crippen molar-refractivity contribution in [2.45, 2.75) is 6.04 Å². The summed E-state index contributed by atoms with van der Waals surface area (Å²) >= 11 is 0. The van der Waals surface area contributed by atoms with E-state index >= 15 is 0 Å². The lowest BCUT2D eigenvalue weighted by Crippen LogP contribution is -2.48. The van der Waals surface area contributed by atoms with Gasteiger partial charge >= 0.3 is 0 Å². The fourth-order valence-electron chi connectivity index (χ4n) is 3.99. The van der Waals surface area contributed by atoms with Gasteiger partial charge in [0.25, 0.3) is 0 Å². The second-order valence-electron chi connectivity index (χ2n) is 7.35. The Hall–Kier alpha value is -3.12. The van der Waals surface area contributed by atoms with Crippen molar-refractivity contribution in [3.05, 3.63) is 89.5 Å². The van der Waals surface area contributed by atoms with Gasteiger partial charge in [0.15, 0.2) is 0 Å². The Balaban J connectivity index is 1.57. The number of nitrogens with two attached hydrogens (primary N) is 2. The quantitative estimate of drug-likeness (QED) is 0.656. The third-order valence-corrected chi connectivity index (χ3v) is 5.44. The predicted octanol–water partition coefficient (Wildman–Crippen LogP) is 4.04. The molecule has 0 spiro atoms. The van der Waals surface area contributed by atoms with E-state index in [1.54, 1.807) is 30.3 Å². The molecule has 6 heteroatoms. The van der Waals surface area contributed by atoms with Crippen LogP contribution in [0.5, 0.6) is 0 Å². The van der Waals surface area contributed by atoms with Crippen LogP contribution in [0.25, 0.3) is 0 Å². The molecule has 0 amide bonds. The van der Waals surface area contributed by atoms with E-state index < -0.39 is 0 Å². The molecule has 29 heavy (non-hydrogen) atoms. The SMILES string of the molecule is Nc1ccc(N2CCN(C(c3ccc(F)cc3)c3ccc(F)cc3)CC2)c(N)c1. The normalized spacial score (nSPS) is 15.1. The van der Waals surface area contributed by atoms with Crippen LogP contribution in [0, 0.1) is 11.6 Å². The van der Waals surface area contributed by atoms with E-state index in [4.69, 9.17) is 11.5 Å². The lowest BCUT2D eigenvalue weighted by molar-refractivity contribution is 0.212. The summed E-state index contributed by atoms with van der Waals surface area (Å²) in [5.74, 6) is -0.537. The Morgan fingerprint density at radius 1 is 0.690 bits per heavy atom. The molecule has 0 radical (unpaired) electrons.